The number of anilines is 2. The molecule has 0 saturated carbocycles. The fourth-order valence-electron chi connectivity index (χ4n) is 4.07. The highest BCUT2D eigenvalue weighted by atomic mass is 32.1. The number of carbonyl (C=O) groups is 1. The molecule has 2 aromatic heterocycles. The zero-order valence-corrected chi connectivity index (χ0v) is 21.3. The summed E-state index contributed by atoms with van der Waals surface area (Å²) in [7, 11) is 0. The molecule has 3 heterocycles. The molecule has 1 amide bonds. The van der Waals surface area contributed by atoms with Crippen LogP contribution in [-0.2, 0) is 11.2 Å². The van der Waals surface area contributed by atoms with E-state index in [0.29, 0.717) is 6.42 Å². The van der Waals surface area contributed by atoms with E-state index in [0.717, 1.165) is 72.6 Å². The van der Waals surface area contributed by atoms with Crippen LogP contribution in [0.15, 0.2) is 24.3 Å². The Bertz CT molecular complexity index is 1090. The molecular weight excluding hydrogens is 432 g/mol. The van der Waals surface area contributed by atoms with Gasteiger partial charge in [0.25, 0.3) is 0 Å². The SMILES string of the molecule is CCCCC(=O)N1CCN(c2nn3c(NC(C)(C)C)c(-c4ccc(CC)cc4)nc3s2)CC1. The zero-order chi connectivity index (χ0) is 23.6. The van der Waals surface area contributed by atoms with Gasteiger partial charge in [-0.25, -0.2) is 4.98 Å². The number of rotatable bonds is 7. The largest absolute Gasteiger partial charge is 0.364 e. The highest BCUT2D eigenvalue weighted by molar-refractivity contribution is 7.20. The summed E-state index contributed by atoms with van der Waals surface area (Å²) in [6.07, 6.45) is 3.70. The minimum atomic E-state index is -0.123. The molecule has 0 atom stereocenters. The highest BCUT2D eigenvalue weighted by Gasteiger charge is 2.26. The van der Waals surface area contributed by atoms with Gasteiger partial charge in [0.2, 0.25) is 16.0 Å². The molecule has 0 aliphatic carbocycles. The van der Waals surface area contributed by atoms with Gasteiger partial charge < -0.3 is 15.1 Å². The van der Waals surface area contributed by atoms with Crippen molar-refractivity contribution >= 4 is 33.2 Å². The lowest BCUT2D eigenvalue weighted by molar-refractivity contribution is -0.131. The minimum Gasteiger partial charge on any atom is -0.364 e. The van der Waals surface area contributed by atoms with Crippen molar-refractivity contribution in [2.24, 2.45) is 0 Å². The predicted molar refractivity (Wildman–Crippen MR) is 137 cm³/mol. The predicted octanol–water partition coefficient (Wildman–Crippen LogP) is 5.07. The lowest BCUT2D eigenvalue weighted by Crippen LogP contribution is -2.48. The number of hydrogen-bond acceptors (Lipinski definition) is 6. The van der Waals surface area contributed by atoms with Crippen molar-refractivity contribution in [3.8, 4) is 11.3 Å². The number of amides is 1. The van der Waals surface area contributed by atoms with Gasteiger partial charge in [-0.05, 0) is 39.2 Å². The van der Waals surface area contributed by atoms with Crippen LogP contribution in [0.25, 0.3) is 16.2 Å². The van der Waals surface area contributed by atoms with Crippen LogP contribution < -0.4 is 10.2 Å². The average molecular weight is 469 g/mol. The smallest absolute Gasteiger partial charge is 0.222 e. The molecule has 8 heteroatoms. The first kappa shape index (κ1) is 23.5. The van der Waals surface area contributed by atoms with E-state index in [4.69, 9.17) is 10.1 Å². The summed E-state index contributed by atoms with van der Waals surface area (Å²) < 4.78 is 1.95. The second-order valence-electron chi connectivity index (χ2n) is 9.78. The highest BCUT2D eigenvalue weighted by Crippen LogP contribution is 2.35. The summed E-state index contributed by atoms with van der Waals surface area (Å²) >= 11 is 1.61. The van der Waals surface area contributed by atoms with Gasteiger partial charge in [-0.2, -0.15) is 4.52 Å². The Labute approximate surface area is 200 Å². The number of imidazole rings is 1. The Hall–Kier alpha value is -2.61. The van der Waals surface area contributed by atoms with Crippen LogP contribution in [0.5, 0.6) is 0 Å². The van der Waals surface area contributed by atoms with Crippen molar-refractivity contribution in [3.63, 3.8) is 0 Å². The van der Waals surface area contributed by atoms with Gasteiger partial charge in [0, 0.05) is 43.7 Å². The summed E-state index contributed by atoms with van der Waals surface area (Å²) in [6.45, 7) is 13.9. The van der Waals surface area contributed by atoms with Crippen molar-refractivity contribution in [3.05, 3.63) is 29.8 Å². The number of carbonyl (C=O) groups excluding carboxylic acids is 1. The minimum absolute atomic E-state index is 0.123. The molecule has 33 heavy (non-hydrogen) atoms. The first-order chi connectivity index (χ1) is 15.8. The Morgan fingerprint density at radius 1 is 1.09 bits per heavy atom. The topological polar surface area (TPSA) is 65.8 Å². The molecule has 1 aliphatic rings. The molecule has 0 radical (unpaired) electrons. The number of fused-ring (bicyclic) bond motifs is 1. The Morgan fingerprint density at radius 2 is 1.79 bits per heavy atom. The molecule has 3 aromatic rings. The number of nitrogens with one attached hydrogen (secondary N) is 1. The number of piperazine rings is 1. The fraction of sp³-hybridized carbons (Fsp3) is 0.560. The van der Waals surface area contributed by atoms with Gasteiger partial charge in [0.05, 0.1) is 0 Å². The van der Waals surface area contributed by atoms with Crippen molar-refractivity contribution in [1.29, 1.82) is 0 Å². The fourth-order valence-corrected chi connectivity index (χ4v) is 5.02. The van der Waals surface area contributed by atoms with E-state index in [1.54, 1.807) is 11.3 Å². The summed E-state index contributed by atoms with van der Waals surface area (Å²) in [5.74, 6) is 1.21. The first-order valence-electron chi connectivity index (χ1n) is 12.1. The van der Waals surface area contributed by atoms with Crippen LogP contribution in [0.4, 0.5) is 10.9 Å². The molecule has 1 aromatic carbocycles. The van der Waals surface area contributed by atoms with Crippen LogP contribution in [-0.4, -0.2) is 57.1 Å². The summed E-state index contributed by atoms with van der Waals surface area (Å²) in [5.41, 5.74) is 3.22. The summed E-state index contributed by atoms with van der Waals surface area (Å²) in [6, 6.07) is 8.64. The number of benzene rings is 1. The summed E-state index contributed by atoms with van der Waals surface area (Å²) in [5, 5.41) is 9.54. The first-order valence-corrected chi connectivity index (χ1v) is 12.9. The van der Waals surface area contributed by atoms with E-state index >= 15 is 0 Å². The number of unbranched alkanes of at least 4 members (excludes halogenated alkanes) is 1. The van der Waals surface area contributed by atoms with Crippen LogP contribution in [0, 0.1) is 0 Å². The second kappa shape index (κ2) is 9.71. The molecule has 7 nitrogen and oxygen atoms in total. The van der Waals surface area contributed by atoms with E-state index in [-0.39, 0.29) is 11.4 Å². The lowest BCUT2D eigenvalue weighted by atomic mass is 10.1. The maximum Gasteiger partial charge on any atom is 0.222 e. The van der Waals surface area contributed by atoms with Gasteiger partial charge in [-0.1, -0.05) is 55.9 Å². The van der Waals surface area contributed by atoms with Crippen molar-refractivity contribution in [1.82, 2.24) is 19.5 Å². The zero-order valence-electron chi connectivity index (χ0n) is 20.5. The molecule has 0 unspecified atom stereocenters. The van der Waals surface area contributed by atoms with Gasteiger partial charge in [0.1, 0.15) is 5.69 Å². The Balaban J connectivity index is 1.58. The maximum absolute atomic E-state index is 12.4. The van der Waals surface area contributed by atoms with Gasteiger partial charge in [-0.15, -0.1) is 5.10 Å². The van der Waals surface area contributed by atoms with E-state index in [9.17, 15) is 4.79 Å². The van der Waals surface area contributed by atoms with Crippen molar-refractivity contribution < 1.29 is 4.79 Å². The molecule has 0 spiro atoms. The third-order valence-corrected chi connectivity index (χ3v) is 6.94. The van der Waals surface area contributed by atoms with Crippen LogP contribution in [0.2, 0.25) is 0 Å². The molecule has 1 N–H and O–H groups in total. The molecule has 4 rings (SSSR count). The van der Waals surface area contributed by atoms with Gasteiger partial charge >= 0.3 is 0 Å². The van der Waals surface area contributed by atoms with E-state index in [1.807, 2.05) is 9.42 Å². The molecule has 1 saturated heterocycles. The van der Waals surface area contributed by atoms with Crippen LogP contribution in [0.1, 0.15) is 59.4 Å². The third kappa shape index (κ3) is 5.32. The Morgan fingerprint density at radius 3 is 2.39 bits per heavy atom. The standard InChI is InChI=1S/C25H36N6OS/c1-6-8-9-20(32)29-14-16-30(17-15-29)24-28-31-22(27-25(3,4)5)21(26-23(31)33-24)19-12-10-18(7-2)11-13-19/h10-13,27H,6-9,14-17H2,1-5H3. The maximum atomic E-state index is 12.4. The number of hydrogen-bond donors (Lipinski definition) is 1. The molecule has 0 bridgehead atoms. The average Bonchev–Trinajstić information content (AvgIpc) is 3.36. The van der Waals surface area contributed by atoms with E-state index < -0.39 is 0 Å². The summed E-state index contributed by atoms with van der Waals surface area (Å²) in [4.78, 5) is 22.5. The van der Waals surface area contributed by atoms with Crippen molar-refractivity contribution in [2.75, 3.05) is 36.4 Å². The molecule has 1 fully saturated rings. The normalized spacial score (nSPS) is 14.8. The van der Waals surface area contributed by atoms with E-state index in [1.165, 1.54) is 5.56 Å². The molecular formula is C25H36N6OS. The van der Waals surface area contributed by atoms with Crippen LogP contribution in [0.3, 0.4) is 0 Å². The number of aromatic nitrogens is 3. The number of nitrogens with zero attached hydrogens (tertiary/aromatic N) is 5. The monoisotopic (exact) mass is 468 g/mol. The number of aryl methyl sites for hydroxylation is 1. The second-order valence-corrected chi connectivity index (χ2v) is 10.7. The van der Waals surface area contributed by atoms with E-state index in [2.05, 4.69) is 69.1 Å². The lowest BCUT2D eigenvalue weighted by Gasteiger charge is -2.34. The molecule has 1 aliphatic heterocycles. The van der Waals surface area contributed by atoms with Crippen LogP contribution >= 0.6 is 11.3 Å². The Kier molecular flexibility index (Phi) is 6.93. The molecule has 178 valence electrons. The van der Waals surface area contributed by atoms with Gasteiger partial charge in [-0.3, -0.25) is 4.79 Å². The van der Waals surface area contributed by atoms with Crippen molar-refractivity contribution in [2.45, 2.75) is 65.8 Å². The van der Waals surface area contributed by atoms with Gasteiger partial charge in [0.15, 0.2) is 5.82 Å². The quantitative estimate of drug-likeness (QED) is 0.524. The third-order valence-electron chi connectivity index (χ3n) is 5.97.